The molecule has 1 saturated heterocycles. The minimum atomic E-state index is 0.0759. The van der Waals surface area contributed by atoms with Crippen molar-refractivity contribution < 1.29 is 4.74 Å². The van der Waals surface area contributed by atoms with Gasteiger partial charge >= 0.3 is 0 Å². The number of rotatable bonds is 4. The van der Waals surface area contributed by atoms with Gasteiger partial charge in [0.2, 0.25) is 0 Å². The first-order valence-electron chi connectivity index (χ1n) is 7.55. The van der Waals surface area contributed by atoms with Gasteiger partial charge in [0.05, 0.1) is 11.6 Å². The van der Waals surface area contributed by atoms with E-state index in [4.69, 9.17) is 10.5 Å². The summed E-state index contributed by atoms with van der Waals surface area (Å²) in [5, 5.41) is 1.17. The number of nitrogens with two attached hydrogens (primary N) is 1. The highest BCUT2D eigenvalue weighted by molar-refractivity contribution is 5.78. The average molecular weight is 270 g/mol. The Balaban J connectivity index is 1.64. The van der Waals surface area contributed by atoms with Crippen molar-refractivity contribution >= 4 is 10.9 Å². The molecule has 106 valence electrons. The smallest absolute Gasteiger partial charge is 0.0705 e. The highest BCUT2D eigenvalue weighted by Crippen LogP contribution is 2.24. The fourth-order valence-corrected chi connectivity index (χ4v) is 2.88. The van der Waals surface area contributed by atoms with Gasteiger partial charge in [0.15, 0.2) is 0 Å². The summed E-state index contributed by atoms with van der Waals surface area (Å²) >= 11 is 0. The summed E-state index contributed by atoms with van der Waals surface area (Å²) in [4.78, 5) is 4.39. The standard InChI is InChI=1S/C17H22N2O/c18-16(9-8-15-5-1-2-11-20-15)14-7-6-13-4-3-10-19-17(13)12-14/h3-4,6-7,10,12,15-16H,1-2,5,8-9,11,18H2. The molecule has 3 nitrogen and oxygen atoms in total. The highest BCUT2D eigenvalue weighted by Gasteiger charge is 2.16. The zero-order valence-corrected chi connectivity index (χ0v) is 11.8. The Morgan fingerprint density at radius 3 is 3.10 bits per heavy atom. The first kappa shape index (κ1) is 13.5. The second-order valence-electron chi connectivity index (χ2n) is 5.63. The number of benzene rings is 1. The van der Waals surface area contributed by atoms with E-state index >= 15 is 0 Å². The molecule has 0 radical (unpaired) electrons. The monoisotopic (exact) mass is 270 g/mol. The molecule has 2 atom stereocenters. The first-order valence-corrected chi connectivity index (χ1v) is 7.55. The van der Waals surface area contributed by atoms with E-state index in [-0.39, 0.29) is 6.04 Å². The molecule has 1 aromatic heterocycles. The van der Waals surface area contributed by atoms with Crippen LogP contribution < -0.4 is 5.73 Å². The summed E-state index contributed by atoms with van der Waals surface area (Å²) < 4.78 is 5.77. The predicted octanol–water partition coefficient (Wildman–Crippen LogP) is 3.58. The summed E-state index contributed by atoms with van der Waals surface area (Å²) in [6.07, 6.45) is 7.95. The van der Waals surface area contributed by atoms with Crippen molar-refractivity contribution in [3.05, 3.63) is 42.1 Å². The number of hydrogen-bond acceptors (Lipinski definition) is 3. The van der Waals surface area contributed by atoms with Gasteiger partial charge in [0, 0.05) is 24.2 Å². The van der Waals surface area contributed by atoms with Crippen LogP contribution in [0.5, 0.6) is 0 Å². The molecule has 1 aliphatic heterocycles. The summed E-state index contributed by atoms with van der Waals surface area (Å²) in [5.74, 6) is 0. The fourth-order valence-electron chi connectivity index (χ4n) is 2.88. The van der Waals surface area contributed by atoms with E-state index in [1.807, 2.05) is 12.3 Å². The maximum Gasteiger partial charge on any atom is 0.0705 e. The van der Waals surface area contributed by atoms with Gasteiger partial charge in [-0.1, -0.05) is 18.2 Å². The molecule has 1 aliphatic rings. The molecule has 1 fully saturated rings. The maximum atomic E-state index is 6.32. The normalized spacial score (nSPS) is 20.9. The summed E-state index contributed by atoms with van der Waals surface area (Å²) in [6, 6.07) is 10.5. The summed E-state index contributed by atoms with van der Waals surface area (Å²) in [6.45, 7) is 0.916. The Morgan fingerprint density at radius 1 is 1.30 bits per heavy atom. The van der Waals surface area contributed by atoms with Crippen molar-refractivity contribution in [1.82, 2.24) is 4.98 Å². The number of hydrogen-bond donors (Lipinski definition) is 1. The number of nitrogens with zero attached hydrogens (tertiary/aromatic N) is 1. The summed E-state index contributed by atoms with van der Waals surface area (Å²) in [7, 11) is 0. The maximum absolute atomic E-state index is 6.32. The molecular formula is C17H22N2O. The highest BCUT2D eigenvalue weighted by atomic mass is 16.5. The van der Waals surface area contributed by atoms with E-state index < -0.39 is 0 Å². The molecule has 2 heterocycles. The van der Waals surface area contributed by atoms with Crippen LogP contribution in [-0.2, 0) is 4.74 Å². The minimum Gasteiger partial charge on any atom is -0.378 e. The molecule has 1 aromatic carbocycles. The van der Waals surface area contributed by atoms with Crippen LogP contribution in [0, 0.1) is 0 Å². The zero-order valence-electron chi connectivity index (χ0n) is 11.8. The molecule has 2 aromatic rings. The number of aromatic nitrogens is 1. The van der Waals surface area contributed by atoms with Crippen LogP contribution >= 0.6 is 0 Å². The van der Waals surface area contributed by atoms with Crippen molar-refractivity contribution in [2.24, 2.45) is 5.73 Å². The predicted molar refractivity (Wildman–Crippen MR) is 81.5 cm³/mol. The average Bonchev–Trinajstić information content (AvgIpc) is 2.53. The van der Waals surface area contributed by atoms with E-state index in [0.717, 1.165) is 25.0 Å². The quantitative estimate of drug-likeness (QED) is 0.923. The van der Waals surface area contributed by atoms with Crippen LogP contribution in [0.3, 0.4) is 0 Å². The Bertz CT molecular complexity index is 564. The van der Waals surface area contributed by atoms with Gasteiger partial charge in [-0.15, -0.1) is 0 Å². The van der Waals surface area contributed by atoms with Gasteiger partial charge in [0.1, 0.15) is 0 Å². The number of pyridine rings is 1. The SMILES string of the molecule is NC(CCC1CCCCO1)c1ccc2cccnc2c1. The molecule has 2 unspecified atom stereocenters. The third-order valence-electron chi connectivity index (χ3n) is 4.13. The van der Waals surface area contributed by atoms with Gasteiger partial charge in [-0.2, -0.15) is 0 Å². The zero-order chi connectivity index (χ0) is 13.8. The van der Waals surface area contributed by atoms with Crippen molar-refractivity contribution in [3.63, 3.8) is 0 Å². The second-order valence-corrected chi connectivity index (χ2v) is 5.63. The summed E-state index contributed by atoms with van der Waals surface area (Å²) in [5.41, 5.74) is 8.52. The molecular weight excluding hydrogens is 248 g/mol. The number of fused-ring (bicyclic) bond motifs is 1. The molecule has 0 bridgehead atoms. The van der Waals surface area contributed by atoms with Gasteiger partial charge in [-0.05, 0) is 49.8 Å². The van der Waals surface area contributed by atoms with E-state index in [9.17, 15) is 0 Å². The lowest BCUT2D eigenvalue weighted by Crippen LogP contribution is -2.21. The molecule has 20 heavy (non-hydrogen) atoms. The van der Waals surface area contributed by atoms with Gasteiger partial charge in [-0.3, -0.25) is 4.98 Å². The lowest BCUT2D eigenvalue weighted by molar-refractivity contribution is 0.00912. The molecule has 2 N–H and O–H groups in total. The van der Waals surface area contributed by atoms with Crippen LogP contribution in [0.15, 0.2) is 36.5 Å². The lowest BCUT2D eigenvalue weighted by Gasteiger charge is -2.24. The molecule has 3 rings (SSSR count). The Hall–Kier alpha value is -1.45. The Morgan fingerprint density at radius 2 is 2.25 bits per heavy atom. The fraction of sp³-hybridized carbons (Fsp3) is 0.471. The minimum absolute atomic E-state index is 0.0759. The molecule has 0 aliphatic carbocycles. The topological polar surface area (TPSA) is 48.1 Å². The van der Waals surface area contributed by atoms with Crippen LogP contribution in [0.1, 0.15) is 43.7 Å². The number of ether oxygens (including phenoxy) is 1. The van der Waals surface area contributed by atoms with Crippen LogP contribution in [0.2, 0.25) is 0 Å². The van der Waals surface area contributed by atoms with Gasteiger partial charge < -0.3 is 10.5 Å². The van der Waals surface area contributed by atoms with Crippen molar-refractivity contribution in [2.45, 2.75) is 44.2 Å². The lowest BCUT2D eigenvalue weighted by atomic mass is 9.97. The molecule has 0 spiro atoms. The van der Waals surface area contributed by atoms with Crippen molar-refractivity contribution in [2.75, 3.05) is 6.61 Å². The van der Waals surface area contributed by atoms with Crippen molar-refractivity contribution in [1.29, 1.82) is 0 Å². The third-order valence-corrected chi connectivity index (χ3v) is 4.13. The largest absolute Gasteiger partial charge is 0.378 e. The van der Waals surface area contributed by atoms with E-state index in [2.05, 4.69) is 29.2 Å². The van der Waals surface area contributed by atoms with Crippen LogP contribution in [-0.4, -0.2) is 17.7 Å². The van der Waals surface area contributed by atoms with E-state index in [1.54, 1.807) is 0 Å². The van der Waals surface area contributed by atoms with Crippen LogP contribution in [0.4, 0.5) is 0 Å². The molecule has 0 saturated carbocycles. The van der Waals surface area contributed by atoms with Crippen molar-refractivity contribution in [3.8, 4) is 0 Å². The third kappa shape index (κ3) is 3.17. The first-order chi connectivity index (χ1) is 9.83. The van der Waals surface area contributed by atoms with E-state index in [0.29, 0.717) is 6.10 Å². The Kier molecular flexibility index (Phi) is 4.28. The van der Waals surface area contributed by atoms with Gasteiger partial charge in [0.25, 0.3) is 0 Å². The molecule has 3 heteroatoms. The molecule has 0 amide bonds. The van der Waals surface area contributed by atoms with Gasteiger partial charge in [-0.25, -0.2) is 0 Å². The second kappa shape index (κ2) is 6.33. The Labute approximate surface area is 120 Å². The van der Waals surface area contributed by atoms with Crippen LogP contribution in [0.25, 0.3) is 10.9 Å². The van der Waals surface area contributed by atoms with E-state index in [1.165, 1.54) is 30.2 Å².